The summed E-state index contributed by atoms with van der Waals surface area (Å²) < 4.78 is 1.43. The Hall–Kier alpha value is -2.29. The minimum atomic E-state index is 0.650. The lowest BCUT2D eigenvalue weighted by Gasteiger charge is -2.03. The van der Waals surface area contributed by atoms with Gasteiger partial charge < -0.3 is 5.32 Å². The van der Waals surface area contributed by atoms with E-state index in [1.807, 2.05) is 12.1 Å². The molecule has 9 heteroatoms. The van der Waals surface area contributed by atoms with Gasteiger partial charge in [0.25, 0.3) is 0 Å². The average Bonchev–Trinajstić information content (AvgIpc) is 2.95. The molecular formula is C11H12N8S. The van der Waals surface area contributed by atoms with Crippen LogP contribution in [0.1, 0.15) is 6.42 Å². The number of anilines is 1. The van der Waals surface area contributed by atoms with Gasteiger partial charge in [0.2, 0.25) is 5.95 Å². The van der Waals surface area contributed by atoms with E-state index in [1.54, 1.807) is 30.2 Å². The molecule has 0 bridgehead atoms. The van der Waals surface area contributed by atoms with Crippen molar-refractivity contribution in [3.8, 4) is 0 Å². The molecule has 1 N–H and O–H groups in total. The van der Waals surface area contributed by atoms with Gasteiger partial charge in [-0.15, -0.1) is 26.6 Å². The summed E-state index contributed by atoms with van der Waals surface area (Å²) in [6.45, 7) is 0.824. The van der Waals surface area contributed by atoms with Crippen LogP contribution < -0.4 is 5.32 Å². The summed E-state index contributed by atoms with van der Waals surface area (Å²) in [6, 6.07) is 5.57. The maximum Gasteiger partial charge on any atom is 0.222 e. The zero-order valence-corrected chi connectivity index (χ0v) is 11.4. The fourth-order valence-electron chi connectivity index (χ4n) is 1.55. The van der Waals surface area contributed by atoms with Crippen LogP contribution >= 0.6 is 11.8 Å². The van der Waals surface area contributed by atoms with Crippen LogP contribution in [-0.2, 0) is 0 Å². The van der Waals surface area contributed by atoms with Gasteiger partial charge in [-0.2, -0.15) is 0 Å². The molecule has 0 radical (unpaired) electrons. The molecule has 0 saturated heterocycles. The number of fused-ring (bicyclic) bond motifs is 1. The molecule has 0 aromatic carbocycles. The highest BCUT2D eigenvalue weighted by Crippen LogP contribution is 2.15. The minimum absolute atomic E-state index is 0.650. The Morgan fingerprint density at radius 3 is 3.00 bits per heavy atom. The van der Waals surface area contributed by atoms with Crippen LogP contribution in [0, 0.1) is 0 Å². The van der Waals surface area contributed by atoms with Crippen LogP contribution in [0.5, 0.6) is 0 Å². The zero-order chi connectivity index (χ0) is 13.6. The van der Waals surface area contributed by atoms with Crippen molar-refractivity contribution in [2.45, 2.75) is 11.4 Å². The van der Waals surface area contributed by atoms with E-state index in [0.29, 0.717) is 11.6 Å². The number of nitrogens with zero attached hydrogens (tertiary/aromatic N) is 7. The Kier molecular flexibility index (Phi) is 3.97. The second kappa shape index (κ2) is 6.24. The quantitative estimate of drug-likeness (QED) is 0.528. The van der Waals surface area contributed by atoms with Crippen LogP contribution in [0.15, 0.2) is 35.6 Å². The van der Waals surface area contributed by atoms with E-state index in [2.05, 4.69) is 35.9 Å². The van der Waals surface area contributed by atoms with Gasteiger partial charge in [-0.05, 0) is 35.0 Å². The second-order valence-corrected chi connectivity index (χ2v) is 5.01. The fourth-order valence-corrected chi connectivity index (χ4v) is 2.35. The normalized spacial score (nSPS) is 10.8. The van der Waals surface area contributed by atoms with Gasteiger partial charge in [0.05, 0.1) is 0 Å². The van der Waals surface area contributed by atoms with Crippen molar-refractivity contribution in [3.63, 3.8) is 0 Å². The van der Waals surface area contributed by atoms with E-state index in [9.17, 15) is 0 Å². The third-order valence-corrected chi connectivity index (χ3v) is 3.47. The van der Waals surface area contributed by atoms with E-state index in [1.165, 1.54) is 4.63 Å². The van der Waals surface area contributed by atoms with E-state index in [0.717, 1.165) is 23.7 Å². The first-order valence-electron chi connectivity index (χ1n) is 6.11. The van der Waals surface area contributed by atoms with Crippen molar-refractivity contribution >= 4 is 23.4 Å². The van der Waals surface area contributed by atoms with E-state index in [4.69, 9.17) is 0 Å². The first kappa shape index (κ1) is 12.7. The maximum absolute atomic E-state index is 4.29. The number of thioether (sulfide) groups is 1. The second-order valence-electron chi connectivity index (χ2n) is 3.90. The Morgan fingerprint density at radius 1 is 1.20 bits per heavy atom. The highest BCUT2D eigenvalue weighted by Gasteiger charge is 2.01. The molecule has 8 nitrogen and oxygen atoms in total. The van der Waals surface area contributed by atoms with Crippen LogP contribution in [0.3, 0.4) is 0 Å². The largest absolute Gasteiger partial charge is 0.354 e. The maximum atomic E-state index is 4.29. The number of hydrogen-bond acceptors (Lipinski definition) is 8. The summed E-state index contributed by atoms with van der Waals surface area (Å²) in [5, 5.41) is 19.5. The zero-order valence-electron chi connectivity index (χ0n) is 10.5. The summed E-state index contributed by atoms with van der Waals surface area (Å²) in [7, 11) is 0. The first-order chi connectivity index (χ1) is 9.92. The summed E-state index contributed by atoms with van der Waals surface area (Å²) in [4.78, 5) is 8.19. The third kappa shape index (κ3) is 3.18. The van der Waals surface area contributed by atoms with Gasteiger partial charge >= 0.3 is 0 Å². The number of tetrazole rings is 1. The number of rotatable bonds is 6. The van der Waals surface area contributed by atoms with Crippen molar-refractivity contribution in [3.05, 3.63) is 30.6 Å². The molecule has 3 aromatic rings. The summed E-state index contributed by atoms with van der Waals surface area (Å²) in [5.74, 6) is 1.60. The predicted octanol–water partition coefficient (Wildman–Crippen LogP) is 0.904. The lowest BCUT2D eigenvalue weighted by Crippen LogP contribution is -2.05. The highest BCUT2D eigenvalue weighted by atomic mass is 32.2. The minimum Gasteiger partial charge on any atom is -0.354 e. The molecule has 102 valence electrons. The SMILES string of the molecule is c1cnc(NCCCSc2ccc3nnnn3n2)nc1. The Bertz CT molecular complexity index is 670. The first-order valence-corrected chi connectivity index (χ1v) is 7.09. The van der Waals surface area contributed by atoms with Crippen molar-refractivity contribution in [1.29, 1.82) is 0 Å². The van der Waals surface area contributed by atoms with Crippen LogP contribution in [0.4, 0.5) is 5.95 Å². The van der Waals surface area contributed by atoms with E-state index >= 15 is 0 Å². The molecule has 0 aliphatic carbocycles. The monoisotopic (exact) mass is 288 g/mol. The van der Waals surface area contributed by atoms with Crippen molar-refractivity contribution in [2.24, 2.45) is 0 Å². The number of aromatic nitrogens is 7. The topological polar surface area (TPSA) is 93.8 Å². The van der Waals surface area contributed by atoms with Crippen molar-refractivity contribution in [1.82, 2.24) is 35.2 Å². The molecular weight excluding hydrogens is 276 g/mol. The standard InChI is InChI=1S/C11H12N8S/c1-5-12-11(13-6-1)14-7-2-8-20-10-4-3-9-15-17-18-19(9)16-10/h1,3-6H,2,7-8H2,(H,12,13,14). The van der Waals surface area contributed by atoms with Gasteiger partial charge in [0.15, 0.2) is 5.65 Å². The van der Waals surface area contributed by atoms with Gasteiger partial charge in [0.1, 0.15) is 5.03 Å². The smallest absolute Gasteiger partial charge is 0.222 e. The third-order valence-electron chi connectivity index (χ3n) is 2.47. The molecule has 0 amide bonds. The fraction of sp³-hybridized carbons (Fsp3) is 0.273. The Labute approximate surface area is 119 Å². The molecule has 3 heterocycles. The molecule has 0 fully saturated rings. The summed E-state index contributed by atoms with van der Waals surface area (Å²) in [5.41, 5.74) is 0.650. The number of hydrogen-bond donors (Lipinski definition) is 1. The summed E-state index contributed by atoms with van der Waals surface area (Å²) >= 11 is 1.67. The van der Waals surface area contributed by atoms with Crippen molar-refractivity contribution in [2.75, 3.05) is 17.6 Å². The molecule has 3 aromatic heterocycles. The lowest BCUT2D eigenvalue weighted by molar-refractivity contribution is 0.702. The highest BCUT2D eigenvalue weighted by molar-refractivity contribution is 7.99. The molecule has 3 rings (SSSR count). The molecule has 0 atom stereocenters. The molecule has 20 heavy (non-hydrogen) atoms. The summed E-state index contributed by atoms with van der Waals surface area (Å²) in [6.07, 6.45) is 4.42. The molecule has 0 aliphatic heterocycles. The molecule has 0 saturated carbocycles. The lowest BCUT2D eigenvalue weighted by atomic mass is 10.5. The molecule has 0 spiro atoms. The van der Waals surface area contributed by atoms with Gasteiger partial charge in [-0.25, -0.2) is 9.97 Å². The van der Waals surface area contributed by atoms with Crippen molar-refractivity contribution < 1.29 is 0 Å². The average molecular weight is 288 g/mol. The van der Waals surface area contributed by atoms with Gasteiger partial charge in [-0.1, -0.05) is 0 Å². The van der Waals surface area contributed by atoms with Gasteiger partial charge in [0, 0.05) is 24.7 Å². The Balaban J connectivity index is 1.43. The molecule has 0 aliphatic rings. The van der Waals surface area contributed by atoms with Crippen LogP contribution in [0.25, 0.3) is 5.65 Å². The molecule has 0 unspecified atom stereocenters. The number of nitrogens with one attached hydrogen (secondary N) is 1. The van der Waals surface area contributed by atoms with E-state index in [-0.39, 0.29) is 0 Å². The Morgan fingerprint density at radius 2 is 2.10 bits per heavy atom. The van der Waals surface area contributed by atoms with Gasteiger partial charge in [-0.3, -0.25) is 0 Å². The van der Waals surface area contributed by atoms with E-state index < -0.39 is 0 Å². The predicted molar refractivity (Wildman–Crippen MR) is 74.4 cm³/mol. The van der Waals surface area contributed by atoms with Crippen LogP contribution in [-0.4, -0.2) is 47.5 Å². The van der Waals surface area contributed by atoms with Crippen LogP contribution in [0.2, 0.25) is 0 Å².